The van der Waals surface area contributed by atoms with Gasteiger partial charge in [0.2, 0.25) is 10.0 Å². The van der Waals surface area contributed by atoms with Crippen molar-refractivity contribution in [2.45, 2.75) is 36.9 Å². The van der Waals surface area contributed by atoms with Crippen LogP contribution in [0.3, 0.4) is 0 Å². The first-order valence-corrected chi connectivity index (χ1v) is 10.6. The molecule has 1 aliphatic rings. The van der Waals surface area contributed by atoms with Crippen molar-refractivity contribution in [3.8, 4) is 0 Å². The average molecular weight is 426 g/mol. The number of halogens is 3. The number of nitrogens with one attached hydrogen (secondary N) is 1. The van der Waals surface area contributed by atoms with Crippen LogP contribution in [0.25, 0.3) is 0 Å². The normalized spacial score (nSPS) is 16.6. The van der Waals surface area contributed by atoms with Gasteiger partial charge in [0, 0.05) is 24.7 Å². The van der Waals surface area contributed by atoms with E-state index in [9.17, 15) is 26.4 Å². The molecule has 9 heteroatoms. The molecule has 5 nitrogen and oxygen atoms in total. The van der Waals surface area contributed by atoms with Gasteiger partial charge in [-0.2, -0.15) is 17.5 Å². The second kappa shape index (κ2) is 8.16. The molecule has 1 amide bonds. The predicted octanol–water partition coefficient (Wildman–Crippen LogP) is 3.60. The number of aryl methyl sites for hydroxylation is 1. The average Bonchev–Trinajstić information content (AvgIpc) is 2.68. The molecule has 29 heavy (non-hydrogen) atoms. The lowest BCUT2D eigenvalue weighted by Gasteiger charge is -2.31. The summed E-state index contributed by atoms with van der Waals surface area (Å²) in [7, 11) is -3.59. The zero-order chi connectivity index (χ0) is 21.2. The number of hydrogen-bond acceptors (Lipinski definition) is 3. The Morgan fingerprint density at radius 1 is 1.00 bits per heavy atom. The number of benzene rings is 2. The molecular formula is C20H21F3N2O3S. The maximum Gasteiger partial charge on any atom is 0.416 e. The molecule has 0 spiro atoms. The molecule has 0 atom stereocenters. The van der Waals surface area contributed by atoms with E-state index in [1.165, 1.54) is 4.31 Å². The molecular weight excluding hydrogens is 405 g/mol. The van der Waals surface area contributed by atoms with Crippen LogP contribution in [0.2, 0.25) is 0 Å². The highest BCUT2D eigenvalue weighted by Gasteiger charge is 2.31. The summed E-state index contributed by atoms with van der Waals surface area (Å²) in [4.78, 5) is 12.5. The van der Waals surface area contributed by atoms with Gasteiger partial charge < -0.3 is 5.32 Å². The van der Waals surface area contributed by atoms with Crippen LogP contribution in [0, 0.1) is 6.92 Å². The summed E-state index contributed by atoms with van der Waals surface area (Å²) >= 11 is 0. The van der Waals surface area contributed by atoms with Crippen molar-refractivity contribution in [2.75, 3.05) is 13.1 Å². The summed E-state index contributed by atoms with van der Waals surface area (Å²) in [5.74, 6) is -0.474. The first-order chi connectivity index (χ1) is 13.6. The first kappa shape index (κ1) is 21.3. The highest BCUT2D eigenvalue weighted by Crippen LogP contribution is 2.29. The number of nitrogens with zero attached hydrogens (tertiary/aromatic N) is 1. The molecule has 1 saturated heterocycles. The van der Waals surface area contributed by atoms with E-state index in [4.69, 9.17) is 0 Å². The van der Waals surface area contributed by atoms with E-state index in [2.05, 4.69) is 5.32 Å². The molecule has 0 bridgehead atoms. The summed E-state index contributed by atoms with van der Waals surface area (Å²) in [5, 5.41) is 2.77. The number of sulfonamides is 1. The largest absolute Gasteiger partial charge is 0.416 e. The summed E-state index contributed by atoms with van der Waals surface area (Å²) in [6.45, 7) is 2.39. The topological polar surface area (TPSA) is 66.5 Å². The molecule has 2 aromatic carbocycles. The van der Waals surface area contributed by atoms with Crippen molar-refractivity contribution in [1.29, 1.82) is 0 Å². The van der Waals surface area contributed by atoms with Crippen molar-refractivity contribution < 1.29 is 26.4 Å². The van der Waals surface area contributed by atoms with Crippen LogP contribution in [0.4, 0.5) is 13.2 Å². The number of piperidine rings is 1. The zero-order valence-corrected chi connectivity index (χ0v) is 16.6. The van der Waals surface area contributed by atoms with Crippen molar-refractivity contribution in [1.82, 2.24) is 9.62 Å². The van der Waals surface area contributed by atoms with Crippen molar-refractivity contribution in [3.05, 3.63) is 65.2 Å². The predicted molar refractivity (Wildman–Crippen MR) is 102 cm³/mol. The molecule has 0 aromatic heterocycles. The Kier molecular flexibility index (Phi) is 6.00. The number of carbonyl (C=O) groups excluding carboxylic acids is 1. The van der Waals surface area contributed by atoms with Crippen molar-refractivity contribution in [2.24, 2.45) is 0 Å². The van der Waals surface area contributed by atoms with Gasteiger partial charge in [-0.1, -0.05) is 17.7 Å². The van der Waals surface area contributed by atoms with Crippen molar-refractivity contribution >= 4 is 15.9 Å². The third kappa shape index (κ3) is 4.97. The van der Waals surface area contributed by atoms with Gasteiger partial charge in [-0.25, -0.2) is 8.42 Å². The van der Waals surface area contributed by atoms with Crippen LogP contribution in [0.15, 0.2) is 53.4 Å². The van der Waals surface area contributed by atoms with E-state index in [-0.39, 0.29) is 29.6 Å². The molecule has 156 valence electrons. The fraction of sp³-hybridized carbons (Fsp3) is 0.350. The quantitative estimate of drug-likeness (QED) is 0.813. The van der Waals surface area contributed by atoms with Gasteiger partial charge in [-0.05, 0) is 56.2 Å². The molecule has 0 unspecified atom stereocenters. The minimum absolute atomic E-state index is 0.132. The van der Waals surface area contributed by atoms with Gasteiger partial charge in [0.15, 0.2) is 0 Å². The van der Waals surface area contributed by atoms with E-state index in [1.807, 2.05) is 6.92 Å². The first-order valence-electron chi connectivity index (χ1n) is 9.12. The minimum Gasteiger partial charge on any atom is -0.349 e. The van der Waals surface area contributed by atoms with Crippen LogP contribution in [0.5, 0.6) is 0 Å². The Hall–Kier alpha value is -2.39. The Bertz CT molecular complexity index is 964. The van der Waals surface area contributed by atoms with Crippen LogP contribution >= 0.6 is 0 Å². The molecule has 2 aromatic rings. The molecule has 3 rings (SSSR count). The van der Waals surface area contributed by atoms with E-state index in [0.717, 1.165) is 29.8 Å². The number of alkyl halides is 3. The van der Waals surface area contributed by atoms with Gasteiger partial charge in [-0.15, -0.1) is 0 Å². The SMILES string of the molecule is Cc1ccc(S(=O)(=O)N2CCC(NC(=O)c3ccc(C(F)(F)F)cc3)CC2)cc1. The van der Waals surface area contributed by atoms with Crippen molar-refractivity contribution in [3.63, 3.8) is 0 Å². The third-order valence-electron chi connectivity index (χ3n) is 4.92. The van der Waals surface area contributed by atoms with Crippen LogP contribution in [-0.4, -0.2) is 37.8 Å². The summed E-state index contributed by atoms with van der Waals surface area (Å²) < 4.78 is 64.6. The molecule has 1 aliphatic heterocycles. The maximum atomic E-state index is 12.7. The fourth-order valence-electron chi connectivity index (χ4n) is 3.18. The number of hydrogen-bond donors (Lipinski definition) is 1. The summed E-state index contributed by atoms with van der Waals surface area (Å²) in [6.07, 6.45) is -3.60. The smallest absolute Gasteiger partial charge is 0.349 e. The second-order valence-electron chi connectivity index (χ2n) is 7.04. The maximum absolute atomic E-state index is 12.7. The Balaban J connectivity index is 1.58. The summed E-state index contributed by atoms with van der Waals surface area (Å²) in [6, 6.07) is 10.4. The Labute approximate surface area is 167 Å². The molecule has 0 radical (unpaired) electrons. The number of amides is 1. The van der Waals surface area contributed by atoms with Gasteiger partial charge in [0.05, 0.1) is 10.5 Å². The second-order valence-corrected chi connectivity index (χ2v) is 8.98. The summed E-state index contributed by atoms with van der Waals surface area (Å²) in [5.41, 5.74) is 0.282. The van der Waals surface area contributed by atoms with Crippen LogP contribution in [-0.2, 0) is 16.2 Å². The lowest BCUT2D eigenvalue weighted by molar-refractivity contribution is -0.137. The monoisotopic (exact) mass is 426 g/mol. The van der Waals surface area contributed by atoms with Crippen LogP contribution in [0.1, 0.15) is 34.3 Å². The minimum atomic E-state index is -4.45. The van der Waals surface area contributed by atoms with Gasteiger partial charge in [0.1, 0.15) is 0 Å². The Morgan fingerprint density at radius 3 is 2.07 bits per heavy atom. The third-order valence-corrected chi connectivity index (χ3v) is 6.84. The highest BCUT2D eigenvalue weighted by molar-refractivity contribution is 7.89. The van der Waals surface area contributed by atoms with E-state index in [0.29, 0.717) is 12.8 Å². The lowest BCUT2D eigenvalue weighted by atomic mass is 10.1. The molecule has 0 saturated carbocycles. The fourth-order valence-corrected chi connectivity index (χ4v) is 4.65. The molecule has 1 N–H and O–H groups in total. The Morgan fingerprint density at radius 2 is 1.55 bits per heavy atom. The highest BCUT2D eigenvalue weighted by atomic mass is 32.2. The standard InChI is InChI=1S/C20H21F3N2O3S/c1-14-2-8-18(9-3-14)29(27,28)25-12-10-17(11-13-25)24-19(26)15-4-6-16(7-5-15)20(21,22)23/h2-9,17H,10-13H2,1H3,(H,24,26). The lowest BCUT2D eigenvalue weighted by Crippen LogP contribution is -2.46. The van der Waals surface area contributed by atoms with Gasteiger partial charge >= 0.3 is 6.18 Å². The molecule has 1 heterocycles. The number of rotatable bonds is 4. The van der Waals surface area contributed by atoms with E-state index < -0.39 is 27.7 Å². The number of carbonyl (C=O) groups is 1. The van der Waals surface area contributed by atoms with E-state index >= 15 is 0 Å². The van der Waals surface area contributed by atoms with E-state index in [1.54, 1.807) is 24.3 Å². The van der Waals surface area contributed by atoms with Crippen LogP contribution < -0.4 is 5.32 Å². The van der Waals surface area contributed by atoms with Gasteiger partial charge in [-0.3, -0.25) is 4.79 Å². The zero-order valence-electron chi connectivity index (χ0n) is 15.7. The molecule has 1 fully saturated rings. The molecule has 0 aliphatic carbocycles. The van der Waals surface area contributed by atoms with Gasteiger partial charge in [0.25, 0.3) is 5.91 Å².